The molecule has 208 valence electrons. The fourth-order valence-electron chi connectivity index (χ4n) is 5.99. The van der Waals surface area contributed by atoms with E-state index in [1.54, 1.807) is 6.07 Å². The van der Waals surface area contributed by atoms with Crippen molar-refractivity contribution < 1.29 is 23.4 Å². The summed E-state index contributed by atoms with van der Waals surface area (Å²) in [4.78, 5) is 22.1. The van der Waals surface area contributed by atoms with Crippen LogP contribution in [-0.2, 0) is 0 Å². The molecule has 3 aliphatic rings. The zero-order chi connectivity index (χ0) is 28.4. The number of aliphatic hydroxyl groups excluding tert-OH is 1. The van der Waals surface area contributed by atoms with Crippen molar-refractivity contribution in [2.75, 3.05) is 51.3 Å². The Morgan fingerprint density at radius 3 is 2.63 bits per heavy atom. The molecular weight excluding hydrogens is 530 g/mol. The molecule has 7 rings (SSSR count). The lowest BCUT2D eigenvalue weighted by molar-refractivity contribution is 0.00584. The van der Waals surface area contributed by atoms with E-state index in [0.717, 1.165) is 48.8 Å². The molecular formula is C30H26F2N6O3. The van der Waals surface area contributed by atoms with Crippen molar-refractivity contribution >= 4 is 28.2 Å². The van der Waals surface area contributed by atoms with Gasteiger partial charge in [0.15, 0.2) is 5.69 Å². The summed E-state index contributed by atoms with van der Waals surface area (Å²) in [6.45, 7) is 11.3. The minimum Gasteiger partial charge on any atom is -0.489 e. The van der Waals surface area contributed by atoms with Crippen LogP contribution in [0, 0.1) is 18.2 Å². The van der Waals surface area contributed by atoms with Gasteiger partial charge in [0.05, 0.1) is 35.6 Å². The van der Waals surface area contributed by atoms with Crippen LogP contribution in [0.5, 0.6) is 5.75 Å². The number of benzene rings is 3. The Kier molecular flexibility index (Phi) is 5.92. The molecule has 3 aromatic carbocycles. The normalized spacial score (nSPS) is 18.9. The van der Waals surface area contributed by atoms with Crippen LogP contribution in [0.3, 0.4) is 0 Å². The average molecular weight is 557 g/mol. The Labute approximate surface area is 234 Å². The third kappa shape index (κ3) is 4.18. The third-order valence-electron chi connectivity index (χ3n) is 8.17. The Bertz CT molecular complexity index is 1740. The molecule has 0 bridgehead atoms. The molecule has 1 amide bonds. The van der Waals surface area contributed by atoms with Crippen LogP contribution in [-0.4, -0.2) is 89.5 Å². The minimum absolute atomic E-state index is 0.0466. The molecule has 2 N–H and O–H groups in total. The fourth-order valence-corrected chi connectivity index (χ4v) is 5.99. The molecule has 0 spiro atoms. The molecule has 2 fully saturated rings. The highest BCUT2D eigenvalue weighted by molar-refractivity contribution is 6.01. The number of anilines is 1. The Morgan fingerprint density at radius 1 is 1.12 bits per heavy atom. The van der Waals surface area contributed by atoms with Gasteiger partial charge >= 0.3 is 0 Å². The molecule has 0 radical (unpaired) electrons. The monoisotopic (exact) mass is 556 g/mol. The quantitative estimate of drug-likeness (QED) is 0.370. The smallest absolute Gasteiger partial charge is 0.254 e. The molecule has 41 heavy (non-hydrogen) atoms. The average Bonchev–Trinajstić information content (AvgIpc) is 3.36. The van der Waals surface area contributed by atoms with Crippen molar-refractivity contribution in [3.05, 3.63) is 71.1 Å². The summed E-state index contributed by atoms with van der Waals surface area (Å²) in [6, 6.07) is 11.2. The Morgan fingerprint density at radius 2 is 1.90 bits per heavy atom. The zero-order valence-corrected chi connectivity index (χ0v) is 22.2. The number of likely N-dealkylation sites (N-methyl/N-ethyl adjacent to an activating group) is 1. The van der Waals surface area contributed by atoms with E-state index in [9.17, 15) is 9.90 Å². The first-order valence-corrected chi connectivity index (χ1v) is 13.4. The molecule has 1 atom stereocenters. The first-order chi connectivity index (χ1) is 19.8. The van der Waals surface area contributed by atoms with Gasteiger partial charge in [-0.1, -0.05) is 12.1 Å². The van der Waals surface area contributed by atoms with E-state index in [1.165, 1.54) is 11.0 Å². The van der Waals surface area contributed by atoms with Crippen molar-refractivity contribution in [1.29, 1.82) is 0 Å². The van der Waals surface area contributed by atoms with E-state index in [2.05, 4.69) is 31.9 Å². The number of piperazine rings is 1. The second kappa shape index (κ2) is 9.54. The van der Waals surface area contributed by atoms with E-state index in [0.29, 0.717) is 23.2 Å². The molecule has 1 aromatic heterocycles. The van der Waals surface area contributed by atoms with Gasteiger partial charge in [-0.3, -0.25) is 9.89 Å². The summed E-state index contributed by atoms with van der Waals surface area (Å²) >= 11 is 0. The van der Waals surface area contributed by atoms with Crippen LogP contribution >= 0.6 is 0 Å². The number of aliphatic hydroxyl groups is 1. The SMILES string of the molecule is [C-]#[N+]c1cc2[nH]nc(-c3ccc4c(c3)OCC3CN(C)CCN43)c2cc1-c1c(F)cc(C(=O)N2CC(O)C2)cc1F. The van der Waals surface area contributed by atoms with Gasteiger partial charge < -0.3 is 24.5 Å². The summed E-state index contributed by atoms with van der Waals surface area (Å²) in [6.07, 6.45) is -0.629. The number of hydrogen-bond acceptors (Lipinski definition) is 6. The van der Waals surface area contributed by atoms with E-state index in [1.807, 2.05) is 18.2 Å². The molecule has 9 nitrogen and oxygen atoms in total. The largest absolute Gasteiger partial charge is 0.489 e. The van der Waals surface area contributed by atoms with E-state index in [4.69, 9.17) is 11.3 Å². The standard InChI is InChI=1S/C30H26F2N6O3/c1-33-24-11-25-21(10-20(24)28-22(31)7-17(8-23(28)32)30(40)37-13-19(39)14-37)29(35-34-25)16-3-4-26-27(9-16)41-15-18-12-36(2)5-6-38(18)26/h3-4,7-11,18-19,39H,5-6,12-15H2,2H3,(H,34,35). The summed E-state index contributed by atoms with van der Waals surface area (Å²) < 4.78 is 37.0. The number of hydrogen-bond donors (Lipinski definition) is 2. The maximum atomic E-state index is 15.4. The molecule has 0 aliphatic carbocycles. The predicted molar refractivity (Wildman–Crippen MR) is 149 cm³/mol. The first kappa shape index (κ1) is 25.4. The number of nitrogens with zero attached hydrogens (tertiary/aromatic N) is 5. The minimum atomic E-state index is -0.951. The van der Waals surface area contributed by atoms with Gasteiger partial charge in [0.1, 0.15) is 24.0 Å². The van der Waals surface area contributed by atoms with E-state index < -0.39 is 23.6 Å². The van der Waals surface area contributed by atoms with Crippen LogP contribution in [0.1, 0.15) is 10.4 Å². The Hall–Kier alpha value is -4.53. The van der Waals surface area contributed by atoms with Gasteiger partial charge in [-0.15, -0.1) is 0 Å². The molecule has 4 heterocycles. The van der Waals surface area contributed by atoms with Crippen LogP contribution < -0.4 is 9.64 Å². The van der Waals surface area contributed by atoms with Crippen LogP contribution in [0.25, 0.3) is 38.1 Å². The summed E-state index contributed by atoms with van der Waals surface area (Å²) in [7, 11) is 2.11. The second-order valence-electron chi connectivity index (χ2n) is 10.9. The van der Waals surface area contributed by atoms with Crippen LogP contribution in [0.15, 0.2) is 42.5 Å². The number of rotatable bonds is 3. The number of carbonyl (C=O) groups excluding carboxylic acids is 1. The van der Waals surface area contributed by atoms with Gasteiger partial charge in [0.25, 0.3) is 5.91 Å². The Balaban J connectivity index is 1.27. The van der Waals surface area contributed by atoms with Gasteiger partial charge in [0.2, 0.25) is 0 Å². The molecule has 1 unspecified atom stereocenters. The number of aromatic amines is 1. The number of halogens is 2. The number of fused-ring (bicyclic) bond motifs is 4. The third-order valence-corrected chi connectivity index (χ3v) is 8.17. The lowest BCUT2D eigenvalue weighted by Gasteiger charge is -2.44. The lowest BCUT2D eigenvalue weighted by atomic mass is 9.96. The van der Waals surface area contributed by atoms with Gasteiger partial charge in [0, 0.05) is 54.8 Å². The number of aromatic nitrogens is 2. The summed E-state index contributed by atoms with van der Waals surface area (Å²) in [5.74, 6) is -1.71. The van der Waals surface area contributed by atoms with Gasteiger partial charge in [-0.25, -0.2) is 13.6 Å². The highest BCUT2D eigenvalue weighted by Gasteiger charge is 2.33. The number of β-amino-alcohol motifs (C(OH)–C–C–N with tert-alkyl or cyclic N) is 1. The molecule has 3 aliphatic heterocycles. The number of H-pyrrole nitrogens is 1. The van der Waals surface area contributed by atoms with Crippen molar-refractivity contribution in [2.24, 2.45) is 0 Å². The summed E-state index contributed by atoms with van der Waals surface area (Å²) in [5, 5.41) is 17.5. The molecule has 4 aromatic rings. The molecule has 2 saturated heterocycles. The molecule has 11 heteroatoms. The maximum Gasteiger partial charge on any atom is 0.254 e. The topological polar surface area (TPSA) is 89.3 Å². The number of likely N-dealkylation sites (tertiary alicyclic amines) is 1. The van der Waals surface area contributed by atoms with Crippen molar-refractivity contribution in [1.82, 2.24) is 20.0 Å². The first-order valence-electron chi connectivity index (χ1n) is 13.4. The predicted octanol–water partition coefficient (Wildman–Crippen LogP) is 4.06. The van der Waals surface area contributed by atoms with Crippen molar-refractivity contribution in [2.45, 2.75) is 12.1 Å². The zero-order valence-electron chi connectivity index (χ0n) is 22.2. The summed E-state index contributed by atoms with van der Waals surface area (Å²) in [5.41, 5.74) is 2.48. The lowest BCUT2D eigenvalue weighted by Crippen LogP contribution is -2.56. The van der Waals surface area contributed by atoms with Crippen LogP contribution in [0.2, 0.25) is 0 Å². The number of amides is 1. The maximum absolute atomic E-state index is 15.4. The van der Waals surface area contributed by atoms with Crippen molar-refractivity contribution in [3.8, 4) is 28.1 Å². The van der Waals surface area contributed by atoms with Gasteiger partial charge in [-0.05, 0) is 42.9 Å². The van der Waals surface area contributed by atoms with Crippen LogP contribution in [0.4, 0.5) is 20.2 Å². The van der Waals surface area contributed by atoms with E-state index in [-0.39, 0.29) is 41.5 Å². The second-order valence-corrected chi connectivity index (χ2v) is 10.9. The number of carbonyl (C=O) groups is 1. The molecule has 0 saturated carbocycles. The fraction of sp³-hybridized carbons (Fsp3) is 0.300. The number of nitrogens with one attached hydrogen (secondary N) is 1. The number of ether oxygens (including phenoxy) is 1. The highest BCUT2D eigenvalue weighted by atomic mass is 19.1. The van der Waals surface area contributed by atoms with E-state index >= 15 is 8.78 Å². The highest BCUT2D eigenvalue weighted by Crippen LogP contribution is 2.42. The van der Waals surface area contributed by atoms with Crippen molar-refractivity contribution in [3.63, 3.8) is 0 Å². The van der Waals surface area contributed by atoms with Gasteiger partial charge in [-0.2, -0.15) is 5.10 Å².